The lowest BCUT2D eigenvalue weighted by Gasteiger charge is -2.33. The monoisotopic (exact) mass is 538 g/mol. The van der Waals surface area contributed by atoms with Crippen LogP contribution in [-0.4, -0.2) is 62.6 Å². The van der Waals surface area contributed by atoms with E-state index in [0.29, 0.717) is 11.1 Å². The van der Waals surface area contributed by atoms with Crippen molar-refractivity contribution in [3.8, 4) is 0 Å². The summed E-state index contributed by atoms with van der Waals surface area (Å²) >= 11 is 6.38. The standard InChI is InChI=1S/C19H31ClN4.C10H12.C4H8/c1-15(23(4)5)17-8-9-18(21-19(17)20)24-13-10-16(11-14-24)7-6-12-22(2)3;1-3-9(2)10-7-5-4-6-8-10;1-2-4-3-1/h8-9,16H,1,6-7,10-14H2,2-5H3;3-9H,1H2,2H3;1-4H2. The van der Waals surface area contributed by atoms with Crippen LogP contribution in [-0.2, 0) is 0 Å². The summed E-state index contributed by atoms with van der Waals surface area (Å²) in [6, 6.07) is 14.5. The van der Waals surface area contributed by atoms with Crippen LogP contribution in [0.25, 0.3) is 5.70 Å². The minimum atomic E-state index is 0.473. The van der Waals surface area contributed by atoms with Crippen molar-refractivity contribution >= 4 is 23.1 Å². The number of benzene rings is 1. The molecule has 4 rings (SSSR count). The van der Waals surface area contributed by atoms with Gasteiger partial charge in [-0.05, 0) is 75.9 Å². The first-order valence-electron chi connectivity index (χ1n) is 14.3. The van der Waals surface area contributed by atoms with Crippen LogP contribution in [0.1, 0.15) is 75.3 Å². The zero-order chi connectivity index (χ0) is 27.9. The minimum absolute atomic E-state index is 0.473. The summed E-state index contributed by atoms with van der Waals surface area (Å²) in [5, 5.41) is 0.541. The number of anilines is 1. The van der Waals surface area contributed by atoms with Gasteiger partial charge in [0.05, 0.1) is 0 Å². The van der Waals surface area contributed by atoms with Crippen LogP contribution in [0.3, 0.4) is 0 Å². The fourth-order valence-corrected chi connectivity index (χ4v) is 4.61. The van der Waals surface area contributed by atoms with Crippen molar-refractivity contribution in [1.82, 2.24) is 14.8 Å². The van der Waals surface area contributed by atoms with Crippen LogP contribution in [0, 0.1) is 5.92 Å². The second kappa shape index (κ2) is 17.3. The molecule has 0 spiro atoms. The molecular formula is C33H51ClN4. The van der Waals surface area contributed by atoms with Gasteiger partial charge in [-0.2, -0.15) is 0 Å². The average molecular weight is 539 g/mol. The van der Waals surface area contributed by atoms with Gasteiger partial charge < -0.3 is 14.7 Å². The highest BCUT2D eigenvalue weighted by molar-refractivity contribution is 6.31. The number of aromatic nitrogens is 1. The number of pyridine rings is 1. The van der Waals surface area contributed by atoms with Gasteiger partial charge in [-0.3, -0.25) is 0 Å². The zero-order valence-corrected chi connectivity index (χ0v) is 25.4. The van der Waals surface area contributed by atoms with E-state index in [-0.39, 0.29) is 0 Å². The molecule has 1 aliphatic heterocycles. The molecule has 0 N–H and O–H groups in total. The molecule has 1 aromatic carbocycles. The van der Waals surface area contributed by atoms with Crippen LogP contribution in [0.15, 0.2) is 61.7 Å². The Morgan fingerprint density at radius 2 is 1.63 bits per heavy atom. The first-order valence-corrected chi connectivity index (χ1v) is 14.7. The van der Waals surface area contributed by atoms with Gasteiger partial charge in [0.2, 0.25) is 0 Å². The van der Waals surface area contributed by atoms with Gasteiger partial charge in [0.1, 0.15) is 11.0 Å². The van der Waals surface area contributed by atoms with E-state index in [1.54, 1.807) is 0 Å². The number of rotatable bonds is 9. The lowest BCUT2D eigenvalue weighted by Crippen LogP contribution is -2.34. The maximum Gasteiger partial charge on any atom is 0.140 e. The quantitative estimate of drug-likeness (QED) is 0.236. The molecule has 2 aromatic rings. The molecular weight excluding hydrogens is 488 g/mol. The molecule has 210 valence electrons. The van der Waals surface area contributed by atoms with E-state index in [2.05, 4.69) is 79.3 Å². The Morgan fingerprint density at radius 3 is 2.11 bits per heavy atom. The third-order valence-electron chi connectivity index (χ3n) is 7.52. The largest absolute Gasteiger partial charge is 0.378 e. The van der Waals surface area contributed by atoms with E-state index in [4.69, 9.17) is 11.6 Å². The first-order chi connectivity index (χ1) is 18.2. The average Bonchev–Trinajstić information content (AvgIpc) is 2.88. The lowest BCUT2D eigenvalue weighted by molar-refractivity contribution is 0.331. The van der Waals surface area contributed by atoms with Crippen LogP contribution in [0.2, 0.25) is 5.15 Å². The highest BCUT2D eigenvalue weighted by atomic mass is 35.5. The van der Waals surface area contributed by atoms with Crippen molar-refractivity contribution in [2.75, 3.05) is 52.7 Å². The molecule has 2 fully saturated rings. The summed E-state index contributed by atoms with van der Waals surface area (Å²) in [5.74, 6) is 2.31. The van der Waals surface area contributed by atoms with E-state index >= 15 is 0 Å². The van der Waals surface area contributed by atoms with Crippen molar-refractivity contribution in [3.05, 3.63) is 78.0 Å². The lowest BCUT2D eigenvalue weighted by atomic mass is 9.92. The van der Waals surface area contributed by atoms with Crippen LogP contribution >= 0.6 is 11.6 Å². The highest BCUT2D eigenvalue weighted by Crippen LogP contribution is 2.29. The van der Waals surface area contributed by atoms with Gasteiger partial charge in [-0.25, -0.2) is 4.98 Å². The topological polar surface area (TPSA) is 22.6 Å². The van der Waals surface area contributed by atoms with E-state index in [9.17, 15) is 0 Å². The Labute approximate surface area is 238 Å². The molecule has 1 saturated carbocycles. The smallest absolute Gasteiger partial charge is 0.140 e. The number of halogens is 1. The second-order valence-corrected chi connectivity index (χ2v) is 11.4. The van der Waals surface area contributed by atoms with E-state index in [0.717, 1.165) is 36.1 Å². The molecule has 0 bridgehead atoms. The summed E-state index contributed by atoms with van der Waals surface area (Å²) in [6.45, 7) is 13.3. The van der Waals surface area contributed by atoms with E-state index < -0.39 is 0 Å². The van der Waals surface area contributed by atoms with E-state index in [1.165, 1.54) is 63.5 Å². The van der Waals surface area contributed by atoms with Gasteiger partial charge in [-0.15, -0.1) is 6.58 Å². The van der Waals surface area contributed by atoms with Crippen LogP contribution in [0.4, 0.5) is 5.82 Å². The molecule has 0 radical (unpaired) electrons. The molecule has 4 nitrogen and oxygen atoms in total. The first kappa shape index (κ1) is 31.9. The third-order valence-corrected chi connectivity index (χ3v) is 7.81. The molecule has 0 amide bonds. The van der Waals surface area contributed by atoms with Gasteiger partial charge in [-0.1, -0.05) is 87.2 Å². The van der Waals surface area contributed by atoms with Crippen molar-refractivity contribution in [2.24, 2.45) is 5.92 Å². The second-order valence-electron chi connectivity index (χ2n) is 11.1. The zero-order valence-electron chi connectivity index (χ0n) is 24.6. The fraction of sp³-hybridized carbons (Fsp3) is 0.545. The SMILES string of the molecule is C1CCC1.C=C(c1ccc(N2CCC(CCCN(C)C)CC2)nc1Cl)N(C)C.C=CC(C)c1ccccc1. The number of hydrogen-bond acceptors (Lipinski definition) is 4. The Morgan fingerprint density at radius 1 is 1.03 bits per heavy atom. The molecule has 1 aliphatic carbocycles. The summed E-state index contributed by atoms with van der Waals surface area (Å²) in [4.78, 5) is 11.2. The molecule has 1 saturated heterocycles. The molecule has 2 aliphatic rings. The predicted octanol–water partition coefficient (Wildman–Crippen LogP) is 8.36. The van der Waals surface area contributed by atoms with E-state index in [1.807, 2.05) is 37.2 Å². The number of piperidine rings is 1. The summed E-state index contributed by atoms with van der Waals surface area (Å²) in [5.41, 5.74) is 3.13. The number of hydrogen-bond donors (Lipinski definition) is 0. The molecule has 1 unspecified atom stereocenters. The van der Waals surface area contributed by atoms with Gasteiger partial charge in [0.25, 0.3) is 0 Å². The molecule has 5 heteroatoms. The molecule has 1 atom stereocenters. The number of allylic oxidation sites excluding steroid dienone is 1. The Balaban J connectivity index is 0.000000294. The Kier molecular flexibility index (Phi) is 14.5. The van der Waals surface area contributed by atoms with Crippen molar-refractivity contribution in [2.45, 2.75) is 64.2 Å². The Bertz CT molecular complexity index is 941. The van der Waals surface area contributed by atoms with Crippen LogP contribution < -0.4 is 4.90 Å². The normalized spacial score (nSPS) is 15.8. The summed E-state index contributed by atoms with van der Waals surface area (Å²) < 4.78 is 0. The molecule has 2 heterocycles. The fourth-order valence-electron chi connectivity index (χ4n) is 4.35. The van der Waals surface area contributed by atoms with Crippen LogP contribution in [0.5, 0.6) is 0 Å². The maximum absolute atomic E-state index is 6.38. The Hall–Kier alpha value is -2.30. The van der Waals surface area contributed by atoms with Gasteiger partial charge in [0, 0.05) is 38.4 Å². The van der Waals surface area contributed by atoms with Gasteiger partial charge in [0.15, 0.2) is 0 Å². The molecule has 38 heavy (non-hydrogen) atoms. The third kappa shape index (κ3) is 11.2. The number of nitrogens with zero attached hydrogens (tertiary/aromatic N) is 4. The predicted molar refractivity (Wildman–Crippen MR) is 168 cm³/mol. The van der Waals surface area contributed by atoms with Gasteiger partial charge >= 0.3 is 0 Å². The minimum Gasteiger partial charge on any atom is -0.378 e. The maximum atomic E-state index is 6.38. The highest BCUT2D eigenvalue weighted by Gasteiger charge is 2.21. The summed E-state index contributed by atoms with van der Waals surface area (Å²) in [6.07, 6.45) is 13.1. The van der Waals surface area contributed by atoms with Crippen molar-refractivity contribution in [1.29, 1.82) is 0 Å². The van der Waals surface area contributed by atoms with Crippen molar-refractivity contribution in [3.63, 3.8) is 0 Å². The van der Waals surface area contributed by atoms with Crippen molar-refractivity contribution < 1.29 is 0 Å². The molecule has 1 aromatic heterocycles. The summed E-state index contributed by atoms with van der Waals surface area (Å²) in [7, 11) is 8.22.